The smallest absolute Gasteiger partial charge is 0.0491 e. The number of rotatable bonds is 6. The van der Waals surface area contributed by atoms with Gasteiger partial charge >= 0.3 is 0 Å². The molecule has 0 amide bonds. The highest BCUT2D eigenvalue weighted by atomic mass is 35.5. The number of fused-ring (bicyclic) bond motifs is 1. The molecule has 1 aliphatic rings. The van der Waals surface area contributed by atoms with E-state index in [0.29, 0.717) is 0 Å². The zero-order valence-corrected chi connectivity index (χ0v) is 15.9. The van der Waals surface area contributed by atoms with Crippen LogP contribution in [0.15, 0.2) is 54.7 Å². The summed E-state index contributed by atoms with van der Waals surface area (Å²) in [5.74, 6) is 0. The van der Waals surface area contributed by atoms with E-state index in [1.165, 1.54) is 48.1 Å². The number of benzene rings is 2. The third kappa shape index (κ3) is 3.96. The lowest BCUT2D eigenvalue weighted by atomic mass is 10.1. The Morgan fingerprint density at radius 2 is 1.69 bits per heavy atom. The number of aromatic nitrogens is 1. The molecule has 0 aliphatic carbocycles. The lowest BCUT2D eigenvalue weighted by molar-refractivity contribution is 0.238. The molecule has 0 bridgehead atoms. The zero-order chi connectivity index (χ0) is 17.8. The lowest BCUT2D eigenvalue weighted by Crippen LogP contribution is -2.43. The molecule has 1 N–H and O–H groups in total. The molecule has 1 aliphatic heterocycles. The Morgan fingerprint density at radius 3 is 2.54 bits per heavy atom. The third-order valence-electron chi connectivity index (χ3n) is 5.30. The van der Waals surface area contributed by atoms with Crippen molar-refractivity contribution >= 4 is 22.5 Å². The molecule has 2 heterocycles. The predicted octanol–water partition coefficient (Wildman–Crippen LogP) is 4.18. The number of nitrogens with one attached hydrogen (secondary N) is 1. The number of hydrogen-bond donors (Lipinski definition) is 1. The molecule has 4 heteroatoms. The third-order valence-corrected chi connectivity index (χ3v) is 5.67. The van der Waals surface area contributed by atoms with E-state index in [1.54, 1.807) is 0 Å². The van der Waals surface area contributed by atoms with Gasteiger partial charge in [0.05, 0.1) is 0 Å². The van der Waals surface area contributed by atoms with Gasteiger partial charge in [0.1, 0.15) is 0 Å². The van der Waals surface area contributed by atoms with E-state index in [9.17, 15) is 0 Å². The number of aryl methyl sites for hydroxylation is 1. The summed E-state index contributed by atoms with van der Waals surface area (Å²) in [6.45, 7) is 6.60. The average Bonchev–Trinajstić information content (AvgIpc) is 3.02. The van der Waals surface area contributed by atoms with Gasteiger partial charge < -0.3 is 14.8 Å². The van der Waals surface area contributed by atoms with Gasteiger partial charge in [-0.3, -0.25) is 0 Å². The molecule has 1 saturated heterocycles. The van der Waals surface area contributed by atoms with Gasteiger partial charge in [-0.2, -0.15) is 0 Å². The molecule has 0 radical (unpaired) electrons. The van der Waals surface area contributed by atoms with E-state index in [4.69, 9.17) is 11.6 Å². The molecule has 1 fully saturated rings. The highest BCUT2D eigenvalue weighted by Crippen LogP contribution is 2.25. The summed E-state index contributed by atoms with van der Waals surface area (Å²) < 4.78 is 2.34. The fraction of sp³-hybridized carbons (Fsp3) is 0.364. The Labute approximate surface area is 160 Å². The van der Waals surface area contributed by atoms with Crippen LogP contribution in [0.3, 0.4) is 0 Å². The van der Waals surface area contributed by atoms with Crippen molar-refractivity contribution in [3.8, 4) is 0 Å². The molecule has 136 valence electrons. The number of halogens is 1. The first-order valence-electron chi connectivity index (χ1n) is 9.54. The van der Waals surface area contributed by atoms with Gasteiger partial charge in [0.25, 0.3) is 0 Å². The fourth-order valence-corrected chi connectivity index (χ4v) is 4.09. The van der Waals surface area contributed by atoms with E-state index >= 15 is 0 Å². The van der Waals surface area contributed by atoms with Crippen molar-refractivity contribution in [2.75, 3.05) is 32.7 Å². The van der Waals surface area contributed by atoms with E-state index in [2.05, 4.69) is 57.4 Å². The standard InChI is InChI=1S/C22H26ClN3/c23-21-9-3-1-6-19(21)17-26-16-18(20-8-2-4-10-22(20)26)7-5-13-25-14-11-24-12-15-25/h1-4,6,8-10,16,24H,5,7,11-15,17H2. The molecule has 3 aromatic rings. The first-order chi connectivity index (χ1) is 12.8. The summed E-state index contributed by atoms with van der Waals surface area (Å²) in [6, 6.07) is 16.9. The maximum Gasteiger partial charge on any atom is 0.0491 e. The van der Waals surface area contributed by atoms with Crippen LogP contribution < -0.4 is 5.32 Å². The second-order valence-corrected chi connectivity index (χ2v) is 7.49. The van der Waals surface area contributed by atoms with Crippen LogP contribution in [0.5, 0.6) is 0 Å². The van der Waals surface area contributed by atoms with Gasteiger partial charge in [-0.05, 0) is 42.6 Å². The Balaban J connectivity index is 1.51. The predicted molar refractivity (Wildman–Crippen MR) is 110 cm³/mol. The van der Waals surface area contributed by atoms with Crippen molar-refractivity contribution in [3.63, 3.8) is 0 Å². The summed E-state index contributed by atoms with van der Waals surface area (Å²) in [5.41, 5.74) is 3.91. The van der Waals surface area contributed by atoms with Crippen LogP contribution in [0.2, 0.25) is 5.02 Å². The number of piperazine rings is 1. The minimum Gasteiger partial charge on any atom is -0.343 e. The minimum absolute atomic E-state index is 0.817. The van der Waals surface area contributed by atoms with Crippen LogP contribution in [0, 0.1) is 0 Å². The molecule has 4 rings (SSSR count). The molecular weight excluding hydrogens is 342 g/mol. The van der Waals surface area contributed by atoms with E-state index < -0.39 is 0 Å². The van der Waals surface area contributed by atoms with Crippen LogP contribution in [0.25, 0.3) is 10.9 Å². The second-order valence-electron chi connectivity index (χ2n) is 7.09. The summed E-state index contributed by atoms with van der Waals surface area (Å²) >= 11 is 6.38. The van der Waals surface area contributed by atoms with Gasteiger partial charge in [-0.25, -0.2) is 0 Å². The van der Waals surface area contributed by atoms with Crippen molar-refractivity contribution < 1.29 is 0 Å². The molecule has 2 aromatic carbocycles. The quantitative estimate of drug-likeness (QED) is 0.705. The Hall–Kier alpha value is -1.81. The van der Waals surface area contributed by atoms with Gasteiger partial charge in [0, 0.05) is 54.8 Å². The molecule has 26 heavy (non-hydrogen) atoms. The monoisotopic (exact) mass is 367 g/mol. The Kier molecular flexibility index (Phi) is 5.59. The van der Waals surface area contributed by atoms with Crippen LogP contribution in [-0.2, 0) is 13.0 Å². The van der Waals surface area contributed by atoms with Crippen molar-refractivity contribution in [2.24, 2.45) is 0 Å². The van der Waals surface area contributed by atoms with Crippen molar-refractivity contribution in [2.45, 2.75) is 19.4 Å². The first kappa shape index (κ1) is 17.6. The van der Waals surface area contributed by atoms with E-state index in [0.717, 1.165) is 31.1 Å². The van der Waals surface area contributed by atoms with Crippen LogP contribution in [0.1, 0.15) is 17.5 Å². The van der Waals surface area contributed by atoms with Crippen molar-refractivity contribution in [1.82, 2.24) is 14.8 Å². The molecule has 0 spiro atoms. The molecule has 3 nitrogen and oxygen atoms in total. The van der Waals surface area contributed by atoms with Crippen LogP contribution in [0.4, 0.5) is 0 Å². The summed E-state index contributed by atoms with van der Waals surface area (Å²) in [7, 11) is 0. The van der Waals surface area contributed by atoms with E-state index in [1.807, 2.05) is 12.1 Å². The van der Waals surface area contributed by atoms with Gasteiger partial charge in [0.2, 0.25) is 0 Å². The highest BCUT2D eigenvalue weighted by Gasteiger charge is 2.12. The maximum atomic E-state index is 6.38. The first-order valence-corrected chi connectivity index (χ1v) is 9.92. The fourth-order valence-electron chi connectivity index (χ4n) is 3.89. The normalized spacial score (nSPS) is 15.6. The van der Waals surface area contributed by atoms with Gasteiger partial charge in [-0.1, -0.05) is 48.0 Å². The molecule has 0 saturated carbocycles. The van der Waals surface area contributed by atoms with E-state index in [-0.39, 0.29) is 0 Å². The second kappa shape index (κ2) is 8.26. The Bertz CT molecular complexity index is 865. The number of nitrogens with zero attached hydrogens (tertiary/aromatic N) is 2. The summed E-state index contributed by atoms with van der Waals surface area (Å²) in [6.07, 6.45) is 4.66. The lowest BCUT2D eigenvalue weighted by Gasteiger charge is -2.26. The maximum absolute atomic E-state index is 6.38. The van der Waals surface area contributed by atoms with Crippen molar-refractivity contribution in [1.29, 1.82) is 0 Å². The highest BCUT2D eigenvalue weighted by molar-refractivity contribution is 6.31. The van der Waals surface area contributed by atoms with Crippen LogP contribution >= 0.6 is 11.6 Å². The SMILES string of the molecule is Clc1ccccc1Cn1cc(CCCN2CCNCC2)c2ccccc21. The molecule has 0 unspecified atom stereocenters. The topological polar surface area (TPSA) is 20.2 Å². The Morgan fingerprint density at radius 1 is 0.923 bits per heavy atom. The number of para-hydroxylation sites is 1. The minimum atomic E-state index is 0.817. The zero-order valence-electron chi connectivity index (χ0n) is 15.1. The van der Waals surface area contributed by atoms with Gasteiger partial charge in [0.15, 0.2) is 0 Å². The summed E-state index contributed by atoms with van der Waals surface area (Å²) in [4.78, 5) is 2.57. The van der Waals surface area contributed by atoms with Crippen LogP contribution in [-0.4, -0.2) is 42.2 Å². The molecule has 1 aromatic heterocycles. The summed E-state index contributed by atoms with van der Waals surface area (Å²) in [5, 5.41) is 5.64. The number of hydrogen-bond acceptors (Lipinski definition) is 2. The average molecular weight is 368 g/mol. The largest absolute Gasteiger partial charge is 0.343 e. The van der Waals surface area contributed by atoms with Crippen molar-refractivity contribution in [3.05, 3.63) is 70.9 Å². The molecule has 0 atom stereocenters. The molecular formula is C22H26ClN3. The van der Waals surface area contributed by atoms with Gasteiger partial charge in [-0.15, -0.1) is 0 Å².